The first-order chi connectivity index (χ1) is 8.26. The zero-order chi connectivity index (χ0) is 13.3. The fourth-order valence-corrected chi connectivity index (χ4v) is 4.67. The van der Waals surface area contributed by atoms with Gasteiger partial charge in [0.05, 0.1) is 5.60 Å². The van der Waals surface area contributed by atoms with Crippen LogP contribution in [-0.4, -0.2) is 33.1 Å². The van der Waals surface area contributed by atoms with Gasteiger partial charge in [0, 0.05) is 0 Å². The van der Waals surface area contributed by atoms with E-state index in [1.165, 1.54) is 0 Å². The molecule has 0 spiro atoms. The predicted octanol–water partition coefficient (Wildman–Crippen LogP) is 2.10. The highest BCUT2D eigenvalue weighted by Gasteiger charge is 2.76. The fourth-order valence-electron chi connectivity index (χ4n) is 4.67. The number of hydrogen-bond acceptors (Lipinski definition) is 3. The Morgan fingerprint density at radius 1 is 1.17 bits per heavy atom. The molecule has 2 N–H and O–H groups in total. The molecular formula is C15H26O3. The van der Waals surface area contributed by atoms with Gasteiger partial charge >= 0.3 is 0 Å². The predicted molar refractivity (Wildman–Crippen MR) is 69.1 cm³/mol. The molecule has 0 aromatic rings. The molecule has 104 valence electrons. The number of hydrogen-bond donors (Lipinski definition) is 2. The highest BCUT2D eigenvalue weighted by molar-refractivity contribution is 5.25. The normalized spacial score (nSPS) is 59.2. The van der Waals surface area contributed by atoms with Gasteiger partial charge in [-0.1, -0.05) is 20.8 Å². The first-order valence-electron chi connectivity index (χ1n) is 7.38. The van der Waals surface area contributed by atoms with Crippen LogP contribution in [-0.2, 0) is 4.74 Å². The summed E-state index contributed by atoms with van der Waals surface area (Å²) >= 11 is 0. The first kappa shape index (κ1) is 12.9. The average molecular weight is 254 g/mol. The van der Waals surface area contributed by atoms with Crippen LogP contribution in [0.3, 0.4) is 0 Å². The second-order valence-electron chi connectivity index (χ2n) is 7.37. The van der Waals surface area contributed by atoms with Crippen molar-refractivity contribution in [2.45, 2.75) is 76.3 Å². The molecule has 6 unspecified atom stereocenters. The second-order valence-corrected chi connectivity index (χ2v) is 7.37. The first-order valence-corrected chi connectivity index (χ1v) is 7.38. The molecule has 0 radical (unpaired) electrons. The van der Waals surface area contributed by atoms with Crippen LogP contribution in [0, 0.1) is 17.8 Å². The lowest BCUT2D eigenvalue weighted by molar-refractivity contribution is -0.160. The minimum atomic E-state index is -1.05. The van der Waals surface area contributed by atoms with Crippen molar-refractivity contribution in [2.75, 3.05) is 0 Å². The fraction of sp³-hybridized carbons (Fsp3) is 1.00. The van der Waals surface area contributed by atoms with Gasteiger partial charge in [-0.25, -0.2) is 0 Å². The van der Waals surface area contributed by atoms with E-state index in [9.17, 15) is 10.2 Å². The molecule has 3 rings (SSSR count). The van der Waals surface area contributed by atoms with Gasteiger partial charge in [-0.15, -0.1) is 0 Å². The van der Waals surface area contributed by atoms with Crippen LogP contribution in [0.2, 0.25) is 0 Å². The van der Waals surface area contributed by atoms with Crippen molar-refractivity contribution in [1.82, 2.24) is 0 Å². The lowest BCUT2D eigenvalue weighted by Crippen LogP contribution is -2.58. The van der Waals surface area contributed by atoms with Crippen molar-refractivity contribution in [3.8, 4) is 0 Å². The van der Waals surface area contributed by atoms with E-state index in [0.717, 1.165) is 19.3 Å². The van der Waals surface area contributed by atoms with Crippen LogP contribution in [0.5, 0.6) is 0 Å². The van der Waals surface area contributed by atoms with Crippen molar-refractivity contribution in [1.29, 1.82) is 0 Å². The summed E-state index contributed by atoms with van der Waals surface area (Å²) in [5.41, 5.74) is -2.24. The molecule has 1 saturated heterocycles. The lowest BCUT2D eigenvalue weighted by atomic mass is 9.72. The van der Waals surface area contributed by atoms with E-state index in [2.05, 4.69) is 20.8 Å². The Hall–Kier alpha value is -0.120. The monoisotopic (exact) mass is 254 g/mol. The third kappa shape index (κ3) is 1.31. The van der Waals surface area contributed by atoms with Crippen LogP contribution in [0.15, 0.2) is 0 Å². The molecule has 0 aromatic carbocycles. The molecular weight excluding hydrogens is 228 g/mol. The summed E-state index contributed by atoms with van der Waals surface area (Å²) in [6.45, 7) is 8.34. The minimum Gasteiger partial charge on any atom is -0.387 e. The quantitative estimate of drug-likeness (QED) is 0.705. The highest BCUT2D eigenvalue weighted by atomic mass is 16.6. The Labute approximate surface area is 110 Å². The molecule has 18 heavy (non-hydrogen) atoms. The van der Waals surface area contributed by atoms with E-state index >= 15 is 0 Å². The van der Waals surface area contributed by atoms with Crippen LogP contribution in [0.4, 0.5) is 0 Å². The van der Waals surface area contributed by atoms with Gasteiger partial charge < -0.3 is 14.9 Å². The van der Waals surface area contributed by atoms with Gasteiger partial charge in [-0.2, -0.15) is 0 Å². The zero-order valence-corrected chi connectivity index (χ0v) is 11.9. The largest absolute Gasteiger partial charge is 0.387 e. The standard InChI is InChI=1S/C15H26O3/c1-9(2)14-8-5-10(3)11-6-7-13(4,16)15(11,17)12(14)18-14/h9-12,16-17H,5-8H2,1-4H3. The maximum Gasteiger partial charge on any atom is 0.125 e. The zero-order valence-electron chi connectivity index (χ0n) is 11.9. The topological polar surface area (TPSA) is 53.0 Å². The number of fused-ring (bicyclic) bond motifs is 3. The number of ether oxygens (including phenoxy) is 1. The van der Waals surface area contributed by atoms with Crippen molar-refractivity contribution in [3.63, 3.8) is 0 Å². The van der Waals surface area contributed by atoms with E-state index in [-0.39, 0.29) is 17.6 Å². The van der Waals surface area contributed by atoms with Crippen LogP contribution < -0.4 is 0 Å². The van der Waals surface area contributed by atoms with Gasteiger partial charge in [-0.3, -0.25) is 0 Å². The molecule has 1 heterocycles. The van der Waals surface area contributed by atoms with Gasteiger partial charge in [0.15, 0.2) is 0 Å². The van der Waals surface area contributed by atoms with Gasteiger partial charge in [-0.05, 0) is 50.4 Å². The average Bonchev–Trinajstić information content (AvgIpc) is 2.96. The minimum absolute atomic E-state index is 0.169. The summed E-state index contributed by atoms with van der Waals surface area (Å²) in [6, 6.07) is 0. The molecule has 0 amide bonds. The molecule has 0 bridgehead atoms. The maximum atomic E-state index is 11.2. The molecule has 3 heteroatoms. The summed E-state index contributed by atoms with van der Waals surface area (Å²) in [5.74, 6) is 1.05. The van der Waals surface area contributed by atoms with Gasteiger partial charge in [0.25, 0.3) is 0 Å². The number of aliphatic hydroxyl groups is 2. The Morgan fingerprint density at radius 2 is 1.83 bits per heavy atom. The highest BCUT2D eigenvalue weighted by Crippen LogP contribution is 2.64. The van der Waals surface area contributed by atoms with Crippen molar-refractivity contribution >= 4 is 0 Å². The van der Waals surface area contributed by atoms with Crippen LogP contribution >= 0.6 is 0 Å². The Morgan fingerprint density at radius 3 is 2.44 bits per heavy atom. The molecule has 3 fully saturated rings. The molecule has 2 aliphatic carbocycles. The van der Waals surface area contributed by atoms with Crippen LogP contribution in [0.1, 0.15) is 53.4 Å². The van der Waals surface area contributed by atoms with Gasteiger partial charge in [0.2, 0.25) is 0 Å². The Bertz CT molecular complexity index is 365. The molecule has 6 atom stereocenters. The van der Waals surface area contributed by atoms with E-state index in [0.29, 0.717) is 18.3 Å². The SMILES string of the molecule is CC1CCC2(C(C)C)OC2C2(O)C1CCC2(C)O. The molecule has 0 aromatic heterocycles. The Kier molecular flexibility index (Phi) is 2.51. The molecule has 1 aliphatic heterocycles. The summed E-state index contributed by atoms with van der Waals surface area (Å²) in [7, 11) is 0. The summed E-state index contributed by atoms with van der Waals surface area (Å²) in [6.07, 6.45) is 3.55. The van der Waals surface area contributed by atoms with Crippen LogP contribution in [0.25, 0.3) is 0 Å². The summed E-state index contributed by atoms with van der Waals surface area (Å²) in [4.78, 5) is 0. The van der Waals surface area contributed by atoms with Crippen molar-refractivity contribution in [2.24, 2.45) is 17.8 Å². The second kappa shape index (κ2) is 3.50. The van der Waals surface area contributed by atoms with Crippen molar-refractivity contribution in [3.05, 3.63) is 0 Å². The van der Waals surface area contributed by atoms with E-state index in [1.54, 1.807) is 6.92 Å². The number of rotatable bonds is 1. The smallest absolute Gasteiger partial charge is 0.125 e. The summed E-state index contributed by atoms with van der Waals surface area (Å²) < 4.78 is 6.00. The third-order valence-electron chi connectivity index (χ3n) is 6.15. The van der Waals surface area contributed by atoms with E-state index < -0.39 is 11.2 Å². The summed E-state index contributed by atoms with van der Waals surface area (Å²) in [5, 5.41) is 21.9. The number of epoxide rings is 1. The van der Waals surface area contributed by atoms with Gasteiger partial charge in [0.1, 0.15) is 17.3 Å². The third-order valence-corrected chi connectivity index (χ3v) is 6.15. The Balaban J connectivity index is 2.03. The van der Waals surface area contributed by atoms with E-state index in [4.69, 9.17) is 4.74 Å². The van der Waals surface area contributed by atoms with E-state index in [1.807, 2.05) is 0 Å². The molecule has 3 nitrogen and oxygen atoms in total. The molecule has 3 aliphatic rings. The van der Waals surface area contributed by atoms with Crippen molar-refractivity contribution < 1.29 is 14.9 Å². The maximum absolute atomic E-state index is 11.2. The molecule has 2 saturated carbocycles. The lowest BCUT2D eigenvalue weighted by Gasteiger charge is -2.40.